The molecule has 8 nitrogen and oxygen atoms in total. The van der Waals surface area contributed by atoms with Crippen molar-refractivity contribution in [2.75, 3.05) is 27.3 Å². The molecule has 1 aromatic heterocycles. The molecule has 1 aliphatic carbocycles. The quantitative estimate of drug-likeness (QED) is 0.348. The molecule has 182 valence electrons. The maximum absolute atomic E-state index is 13.6. The highest BCUT2D eigenvalue weighted by molar-refractivity contribution is 6.10. The third-order valence-corrected chi connectivity index (χ3v) is 7.12. The van der Waals surface area contributed by atoms with E-state index in [0.717, 1.165) is 31.4 Å². The lowest BCUT2D eigenvalue weighted by Gasteiger charge is -2.29. The molecule has 1 fully saturated rings. The van der Waals surface area contributed by atoms with E-state index in [0.29, 0.717) is 31.7 Å². The first kappa shape index (κ1) is 24.1. The normalized spacial score (nSPS) is 20.4. The zero-order valence-corrected chi connectivity index (χ0v) is 20.1. The number of amides is 3. The van der Waals surface area contributed by atoms with Crippen LogP contribution in [-0.4, -0.2) is 65.0 Å². The number of aryl methyl sites for hydroxylation is 1. The molecule has 1 atom stereocenters. The molecule has 4 rings (SSSR count). The summed E-state index contributed by atoms with van der Waals surface area (Å²) in [5, 5.41) is 7.65. The standard InChI is InChI=1S/C26H34N4O4/c1-29(18-22-20-12-7-4-8-13-21(20)27-28-22)23(31)16-26(19-10-5-3-6-11-19)17-24(32)30(25(26)33)14-9-15-34-2/h3,5-6,10-11H,4,7-9,12-18H2,1-2H3,(H,27,28)/t26-/m0/s1. The number of aromatic amines is 1. The Morgan fingerprint density at radius 1 is 1.18 bits per heavy atom. The van der Waals surface area contributed by atoms with Crippen LogP contribution in [0.2, 0.25) is 0 Å². The molecular weight excluding hydrogens is 432 g/mol. The van der Waals surface area contributed by atoms with E-state index < -0.39 is 5.41 Å². The van der Waals surface area contributed by atoms with Gasteiger partial charge in [0, 0.05) is 45.8 Å². The minimum absolute atomic E-state index is 0.000210. The third kappa shape index (κ3) is 4.78. The van der Waals surface area contributed by atoms with Crippen molar-refractivity contribution in [3.05, 3.63) is 52.8 Å². The van der Waals surface area contributed by atoms with Gasteiger partial charge in [-0.3, -0.25) is 24.4 Å². The molecule has 1 aliphatic heterocycles. The van der Waals surface area contributed by atoms with Crippen molar-refractivity contribution in [3.8, 4) is 0 Å². The maximum atomic E-state index is 13.6. The lowest BCUT2D eigenvalue weighted by atomic mass is 9.75. The van der Waals surface area contributed by atoms with Crippen LogP contribution in [0, 0.1) is 0 Å². The van der Waals surface area contributed by atoms with Crippen molar-refractivity contribution >= 4 is 17.7 Å². The van der Waals surface area contributed by atoms with Gasteiger partial charge in [-0.1, -0.05) is 36.8 Å². The van der Waals surface area contributed by atoms with Gasteiger partial charge < -0.3 is 9.64 Å². The molecule has 8 heteroatoms. The van der Waals surface area contributed by atoms with Gasteiger partial charge in [-0.05, 0) is 43.2 Å². The first-order chi connectivity index (χ1) is 16.5. The molecule has 1 aromatic carbocycles. The average Bonchev–Trinajstić information content (AvgIpc) is 3.20. The van der Waals surface area contributed by atoms with Gasteiger partial charge in [0.15, 0.2) is 0 Å². The highest BCUT2D eigenvalue weighted by atomic mass is 16.5. The van der Waals surface area contributed by atoms with Crippen molar-refractivity contribution in [2.24, 2.45) is 0 Å². The molecular formula is C26H34N4O4. The summed E-state index contributed by atoms with van der Waals surface area (Å²) in [6.07, 6.45) is 5.97. The predicted molar refractivity (Wildman–Crippen MR) is 127 cm³/mol. The second-order valence-corrected chi connectivity index (χ2v) is 9.44. The molecule has 1 N–H and O–H groups in total. The van der Waals surface area contributed by atoms with Crippen molar-refractivity contribution in [1.29, 1.82) is 0 Å². The summed E-state index contributed by atoms with van der Waals surface area (Å²) in [6, 6.07) is 9.23. The van der Waals surface area contributed by atoms with Crippen molar-refractivity contribution < 1.29 is 19.1 Å². The fraction of sp³-hybridized carbons (Fsp3) is 0.538. The minimum Gasteiger partial charge on any atom is -0.385 e. The summed E-state index contributed by atoms with van der Waals surface area (Å²) < 4.78 is 5.08. The fourth-order valence-corrected chi connectivity index (χ4v) is 5.18. The van der Waals surface area contributed by atoms with Gasteiger partial charge in [-0.15, -0.1) is 0 Å². The van der Waals surface area contributed by atoms with E-state index in [4.69, 9.17) is 4.74 Å². The van der Waals surface area contributed by atoms with E-state index in [-0.39, 0.29) is 30.6 Å². The highest BCUT2D eigenvalue weighted by Gasteiger charge is 2.53. The molecule has 2 aliphatic rings. The summed E-state index contributed by atoms with van der Waals surface area (Å²) in [7, 11) is 3.34. The van der Waals surface area contributed by atoms with Gasteiger partial charge in [-0.2, -0.15) is 5.10 Å². The van der Waals surface area contributed by atoms with Crippen LogP contribution in [0.15, 0.2) is 30.3 Å². The molecule has 0 unspecified atom stereocenters. The molecule has 1 saturated heterocycles. The molecule has 2 aromatic rings. The van der Waals surface area contributed by atoms with Gasteiger partial charge in [-0.25, -0.2) is 0 Å². The smallest absolute Gasteiger partial charge is 0.240 e. The summed E-state index contributed by atoms with van der Waals surface area (Å²) in [6.45, 7) is 1.14. The first-order valence-electron chi connectivity index (χ1n) is 12.1. The van der Waals surface area contributed by atoms with Gasteiger partial charge >= 0.3 is 0 Å². The van der Waals surface area contributed by atoms with Crippen LogP contribution in [0.5, 0.6) is 0 Å². The Labute approximate surface area is 200 Å². The second kappa shape index (κ2) is 10.5. The summed E-state index contributed by atoms with van der Waals surface area (Å²) in [5.74, 6) is -0.706. The summed E-state index contributed by atoms with van der Waals surface area (Å²) >= 11 is 0. The maximum Gasteiger partial charge on any atom is 0.240 e. The Bertz CT molecular complexity index is 1030. The van der Waals surface area contributed by atoms with Gasteiger partial charge in [0.2, 0.25) is 17.7 Å². The number of nitrogens with one attached hydrogen (secondary N) is 1. The number of carbonyl (C=O) groups excluding carboxylic acids is 3. The van der Waals surface area contributed by atoms with Gasteiger partial charge in [0.1, 0.15) is 0 Å². The Morgan fingerprint density at radius 2 is 1.94 bits per heavy atom. The van der Waals surface area contributed by atoms with Gasteiger partial charge in [0.25, 0.3) is 0 Å². The Balaban J connectivity index is 1.54. The number of carbonyl (C=O) groups is 3. The van der Waals surface area contributed by atoms with Gasteiger partial charge in [0.05, 0.1) is 17.7 Å². The molecule has 34 heavy (non-hydrogen) atoms. The monoisotopic (exact) mass is 466 g/mol. The Kier molecular flexibility index (Phi) is 7.46. The minimum atomic E-state index is -1.18. The van der Waals surface area contributed by atoms with Crippen LogP contribution in [0.4, 0.5) is 0 Å². The number of hydrogen-bond donors (Lipinski definition) is 1. The molecule has 2 heterocycles. The number of likely N-dealkylation sites (tertiary alicyclic amines) is 1. The van der Waals surface area contributed by atoms with E-state index in [1.54, 1.807) is 19.1 Å². The lowest BCUT2D eigenvalue weighted by molar-refractivity contribution is -0.142. The van der Waals surface area contributed by atoms with Crippen molar-refractivity contribution in [2.45, 2.75) is 63.3 Å². The number of rotatable bonds is 9. The van der Waals surface area contributed by atoms with E-state index in [9.17, 15) is 14.4 Å². The fourth-order valence-electron chi connectivity index (χ4n) is 5.18. The second-order valence-electron chi connectivity index (χ2n) is 9.44. The summed E-state index contributed by atoms with van der Waals surface area (Å²) in [5.41, 5.74) is 2.83. The Morgan fingerprint density at radius 3 is 2.71 bits per heavy atom. The first-order valence-corrected chi connectivity index (χ1v) is 12.1. The number of methoxy groups -OCH3 is 1. The number of fused-ring (bicyclic) bond motifs is 1. The number of imide groups is 1. The SMILES string of the molecule is COCCCN1C(=O)C[C@@](CC(=O)N(C)Cc2n[nH]c3c2CCCCC3)(c2ccccc2)C1=O. The highest BCUT2D eigenvalue weighted by Crippen LogP contribution is 2.40. The van der Waals surface area contributed by atoms with Crippen LogP contribution in [0.1, 0.15) is 61.0 Å². The molecule has 0 saturated carbocycles. The molecule has 0 bridgehead atoms. The number of benzene rings is 1. The number of aromatic nitrogens is 2. The zero-order chi connectivity index (χ0) is 24.1. The van der Waals surface area contributed by atoms with Crippen molar-refractivity contribution in [3.63, 3.8) is 0 Å². The average molecular weight is 467 g/mol. The van der Waals surface area contributed by atoms with Crippen LogP contribution in [0.25, 0.3) is 0 Å². The lowest BCUT2D eigenvalue weighted by Crippen LogP contribution is -2.43. The third-order valence-electron chi connectivity index (χ3n) is 7.12. The van der Waals surface area contributed by atoms with Crippen LogP contribution in [0.3, 0.4) is 0 Å². The largest absolute Gasteiger partial charge is 0.385 e. The molecule has 0 radical (unpaired) electrons. The Hall–Kier alpha value is -3.00. The van der Waals surface area contributed by atoms with E-state index in [1.165, 1.54) is 22.6 Å². The predicted octanol–water partition coefficient (Wildman–Crippen LogP) is 2.76. The number of nitrogens with zero attached hydrogens (tertiary/aromatic N) is 3. The van der Waals surface area contributed by atoms with E-state index in [2.05, 4.69) is 10.2 Å². The number of H-pyrrole nitrogens is 1. The topological polar surface area (TPSA) is 95.6 Å². The van der Waals surface area contributed by atoms with E-state index in [1.807, 2.05) is 30.3 Å². The van der Waals surface area contributed by atoms with Crippen LogP contribution >= 0.6 is 0 Å². The number of ether oxygens (including phenoxy) is 1. The molecule has 0 spiro atoms. The number of hydrogen-bond acceptors (Lipinski definition) is 5. The van der Waals surface area contributed by atoms with Crippen LogP contribution < -0.4 is 0 Å². The van der Waals surface area contributed by atoms with E-state index >= 15 is 0 Å². The molecule has 3 amide bonds. The zero-order valence-electron chi connectivity index (χ0n) is 20.1. The van der Waals surface area contributed by atoms with Crippen LogP contribution in [-0.2, 0) is 43.9 Å². The van der Waals surface area contributed by atoms with Crippen molar-refractivity contribution in [1.82, 2.24) is 20.0 Å². The summed E-state index contributed by atoms with van der Waals surface area (Å²) in [4.78, 5) is 42.9.